The molecule has 17 heavy (non-hydrogen) atoms. The molecule has 1 unspecified atom stereocenters. The summed E-state index contributed by atoms with van der Waals surface area (Å²) in [5, 5.41) is 4.46. The van der Waals surface area contributed by atoms with Gasteiger partial charge in [0.1, 0.15) is 5.52 Å². The zero-order valence-corrected chi connectivity index (χ0v) is 9.78. The molecule has 4 nitrogen and oxygen atoms in total. The molecule has 3 rings (SSSR count). The fraction of sp³-hybridized carbons (Fsp3) is 0.462. The molecular formula is C13H17N3O. The van der Waals surface area contributed by atoms with Crippen molar-refractivity contribution in [3.8, 4) is 0 Å². The Morgan fingerprint density at radius 3 is 3.18 bits per heavy atom. The van der Waals surface area contributed by atoms with Gasteiger partial charge in [0, 0.05) is 30.4 Å². The molecule has 0 spiro atoms. The van der Waals surface area contributed by atoms with E-state index in [0.717, 1.165) is 30.4 Å². The number of aromatic amines is 1. The summed E-state index contributed by atoms with van der Waals surface area (Å²) in [7, 11) is 0. The average Bonchev–Trinajstić information content (AvgIpc) is 2.59. The predicted molar refractivity (Wildman–Crippen MR) is 68.3 cm³/mol. The first-order valence-corrected chi connectivity index (χ1v) is 6.25. The van der Waals surface area contributed by atoms with Crippen molar-refractivity contribution in [2.75, 3.05) is 13.1 Å². The van der Waals surface area contributed by atoms with Crippen molar-refractivity contribution in [3.63, 3.8) is 0 Å². The molecule has 2 N–H and O–H groups in total. The second-order valence-electron chi connectivity index (χ2n) is 4.69. The van der Waals surface area contributed by atoms with Crippen LogP contribution in [0.15, 0.2) is 29.3 Å². The Kier molecular flexibility index (Phi) is 2.73. The summed E-state index contributed by atoms with van der Waals surface area (Å²) in [6.45, 7) is 2.05. The molecule has 0 saturated carbocycles. The Bertz CT molecular complexity index is 561. The number of H-pyrrole nitrogens is 1. The number of fused-ring (bicyclic) bond motifs is 1. The highest BCUT2D eigenvalue weighted by Crippen LogP contribution is 2.22. The molecule has 1 saturated heterocycles. The van der Waals surface area contributed by atoms with Crippen LogP contribution in [-0.2, 0) is 0 Å². The fourth-order valence-electron chi connectivity index (χ4n) is 2.66. The molecular weight excluding hydrogens is 214 g/mol. The van der Waals surface area contributed by atoms with Gasteiger partial charge in [0.15, 0.2) is 0 Å². The number of hydrogen-bond donors (Lipinski definition) is 2. The van der Waals surface area contributed by atoms with E-state index in [-0.39, 0.29) is 5.56 Å². The lowest BCUT2D eigenvalue weighted by Gasteiger charge is -2.17. The summed E-state index contributed by atoms with van der Waals surface area (Å²) in [6.07, 6.45) is 7.34. The predicted octanol–water partition coefficient (Wildman–Crippen LogP) is 1.64. The molecule has 2 aromatic rings. The third kappa shape index (κ3) is 1.89. The highest BCUT2D eigenvalue weighted by atomic mass is 16.1. The third-order valence-electron chi connectivity index (χ3n) is 3.55. The van der Waals surface area contributed by atoms with E-state index in [0.29, 0.717) is 6.04 Å². The minimum atomic E-state index is 0.0109. The van der Waals surface area contributed by atoms with Gasteiger partial charge < -0.3 is 14.9 Å². The van der Waals surface area contributed by atoms with E-state index in [9.17, 15) is 4.79 Å². The van der Waals surface area contributed by atoms with Gasteiger partial charge in [-0.2, -0.15) is 0 Å². The lowest BCUT2D eigenvalue weighted by molar-refractivity contribution is 0.473. The molecule has 2 aromatic heterocycles. The quantitative estimate of drug-likeness (QED) is 0.784. The van der Waals surface area contributed by atoms with Crippen LogP contribution in [-0.4, -0.2) is 22.6 Å². The molecule has 0 aromatic carbocycles. The topological polar surface area (TPSA) is 49.8 Å². The van der Waals surface area contributed by atoms with Crippen LogP contribution in [0.4, 0.5) is 0 Å². The summed E-state index contributed by atoms with van der Waals surface area (Å²) >= 11 is 0. The van der Waals surface area contributed by atoms with E-state index in [2.05, 4.69) is 14.9 Å². The maximum absolute atomic E-state index is 11.9. The molecule has 0 radical (unpaired) electrons. The van der Waals surface area contributed by atoms with E-state index in [4.69, 9.17) is 0 Å². The van der Waals surface area contributed by atoms with Crippen LogP contribution < -0.4 is 10.9 Å². The Hall–Kier alpha value is -1.55. The number of rotatable bonds is 1. The molecule has 1 aliphatic rings. The Morgan fingerprint density at radius 1 is 1.29 bits per heavy atom. The summed E-state index contributed by atoms with van der Waals surface area (Å²) < 4.78 is 2.13. The normalized spacial score (nSPS) is 21.5. The maximum atomic E-state index is 11.9. The van der Waals surface area contributed by atoms with E-state index in [1.165, 1.54) is 12.8 Å². The van der Waals surface area contributed by atoms with Crippen molar-refractivity contribution < 1.29 is 0 Å². The molecule has 0 aliphatic carbocycles. The second kappa shape index (κ2) is 4.37. The van der Waals surface area contributed by atoms with Crippen LogP contribution in [0.3, 0.4) is 0 Å². The first kappa shape index (κ1) is 10.6. The van der Waals surface area contributed by atoms with E-state index >= 15 is 0 Å². The largest absolute Gasteiger partial charge is 0.339 e. The van der Waals surface area contributed by atoms with E-state index in [1.807, 2.05) is 18.3 Å². The van der Waals surface area contributed by atoms with Crippen molar-refractivity contribution in [2.24, 2.45) is 0 Å². The van der Waals surface area contributed by atoms with E-state index < -0.39 is 0 Å². The minimum Gasteiger partial charge on any atom is -0.339 e. The molecule has 1 atom stereocenters. The molecule has 90 valence electrons. The fourth-order valence-corrected chi connectivity index (χ4v) is 2.66. The van der Waals surface area contributed by atoms with Gasteiger partial charge in [0.25, 0.3) is 5.56 Å². The molecule has 3 heterocycles. The smallest absolute Gasteiger partial charge is 0.272 e. The number of nitrogens with zero attached hydrogens (tertiary/aromatic N) is 1. The molecule has 4 heteroatoms. The maximum Gasteiger partial charge on any atom is 0.272 e. The Labute approximate surface area is 99.6 Å². The molecule has 1 aliphatic heterocycles. The van der Waals surface area contributed by atoms with Crippen molar-refractivity contribution >= 4 is 10.9 Å². The van der Waals surface area contributed by atoms with Gasteiger partial charge in [0.05, 0.1) is 0 Å². The van der Waals surface area contributed by atoms with Crippen LogP contribution in [0, 0.1) is 0 Å². The standard InChI is InChI=1S/C13H17N3O/c17-13-12-10(4-7-15-13)5-8-16(12)11-3-1-2-6-14-9-11/h4-5,7-8,11,14H,1-3,6,9H2,(H,15,17). The first-order chi connectivity index (χ1) is 8.36. The van der Waals surface area contributed by atoms with Crippen molar-refractivity contribution in [1.29, 1.82) is 0 Å². The number of pyridine rings is 1. The SMILES string of the molecule is O=c1[nH]ccc2ccn(C3CCCCNC3)c12. The van der Waals surface area contributed by atoms with Crippen LogP contribution in [0.25, 0.3) is 10.9 Å². The molecule has 0 amide bonds. The number of nitrogens with one attached hydrogen (secondary N) is 2. The van der Waals surface area contributed by atoms with E-state index in [1.54, 1.807) is 6.20 Å². The number of aromatic nitrogens is 2. The minimum absolute atomic E-state index is 0.0109. The average molecular weight is 231 g/mol. The van der Waals surface area contributed by atoms with Crippen LogP contribution >= 0.6 is 0 Å². The van der Waals surface area contributed by atoms with Crippen molar-refractivity contribution in [3.05, 3.63) is 34.9 Å². The molecule has 0 bridgehead atoms. The number of hydrogen-bond acceptors (Lipinski definition) is 2. The monoisotopic (exact) mass is 231 g/mol. The highest BCUT2D eigenvalue weighted by molar-refractivity contribution is 5.78. The van der Waals surface area contributed by atoms with Gasteiger partial charge in [0.2, 0.25) is 0 Å². The van der Waals surface area contributed by atoms with Gasteiger partial charge in [-0.05, 0) is 31.5 Å². The van der Waals surface area contributed by atoms with Crippen molar-refractivity contribution in [2.45, 2.75) is 25.3 Å². The van der Waals surface area contributed by atoms with Gasteiger partial charge in [-0.1, -0.05) is 6.42 Å². The van der Waals surface area contributed by atoms with Gasteiger partial charge in [-0.25, -0.2) is 0 Å². The second-order valence-corrected chi connectivity index (χ2v) is 4.69. The van der Waals surface area contributed by atoms with Crippen LogP contribution in [0.2, 0.25) is 0 Å². The lowest BCUT2D eigenvalue weighted by Crippen LogP contribution is -2.24. The lowest BCUT2D eigenvalue weighted by atomic mass is 10.1. The van der Waals surface area contributed by atoms with Crippen LogP contribution in [0.1, 0.15) is 25.3 Å². The van der Waals surface area contributed by atoms with Crippen LogP contribution in [0.5, 0.6) is 0 Å². The zero-order chi connectivity index (χ0) is 11.7. The third-order valence-corrected chi connectivity index (χ3v) is 3.55. The summed E-state index contributed by atoms with van der Waals surface area (Å²) in [4.78, 5) is 14.7. The van der Waals surface area contributed by atoms with Gasteiger partial charge in [-0.15, -0.1) is 0 Å². The summed E-state index contributed by atoms with van der Waals surface area (Å²) in [5.74, 6) is 0. The summed E-state index contributed by atoms with van der Waals surface area (Å²) in [5.41, 5.74) is 0.818. The zero-order valence-electron chi connectivity index (χ0n) is 9.78. The highest BCUT2D eigenvalue weighted by Gasteiger charge is 2.16. The van der Waals surface area contributed by atoms with Gasteiger partial charge in [-0.3, -0.25) is 4.79 Å². The first-order valence-electron chi connectivity index (χ1n) is 6.25. The van der Waals surface area contributed by atoms with Gasteiger partial charge >= 0.3 is 0 Å². The van der Waals surface area contributed by atoms with Crippen molar-refractivity contribution in [1.82, 2.24) is 14.9 Å². The molecule has 1 fully saturated rings. The Balaban J connectivity index is 2.07. The summed E-state index contributed by atoms with van der Waals surface area (Å²) in [6, 6.07) is 4.38. The Morgan fingerprint density at radius 2 is 2.24 bits per heavy atom.